The van der Waals surface area contributed by atoms with Gasteiger partial charge in [0.15, 0.2) is 0 Å². The Morgan fingerprint density at radius 3 is 2.47 bits per heavy atom. The van der Waals surface area contributed by atoms with E-state index in [0.29, 0.717) is 11.8 Å². The Balaban J connectivity index is 0.000000913. The van der Waals surface area contributed by atoms with Crippen LogP contribution in [-0.4, -0.2) is 66.0 Å². The van der Waals surface area contributed by atoms with Gasteiger partial charge in [-0.3, -0.25) is 9.69 Å². The van der Waals surface area contributed by atoms with Crippen molar-refractivity contribution in [3.05, 3.63) is 70.5 Å². The zero-order valence-corrected chi connectivity index (χ0v) is 19.2. The molecule has 6 nitrogen and oxygen atoms in total. The first kappa shape index (κ1) is 23.7. The van der Waals surface area contributed by atoms with Crippen LogP contribution in [0.1, 0.15) is 28.3 Å². The van der Waals surface area contributed by atoms with Gasteiger partial charge in [-0.05, 0) is 54.2 Å². The molecule has 2 aliphatic rings. The topological polar surface area (TPSA) is 64.1 Å². The van der Waals surface area contributed by atoms with Gasteiger partial charge in [0.2, 0.25) is 0 Å². The van der Waals surface area contributed by atoms with Crippen molar-refractivity contribution in [3.63, 3.8) is 0 Å². The number of hydrogen-bond acceptors (Lipinski definition) is 3. The fraction of sp³-hybridized carbons (Fsp3) is 0.440. The van der Waals surface area contributed by atoms with Gasteiger partial charge in [0.25, 0.3) is 6.47 Å². The molecule has 1 N–H and O–H groups in total. The van der Waals surface area contributed by atoms with Crippen LogP contribution in [0.4, 0.5) is 9.18 Å². The molecule has 2 heterocycles. The van der Waals surface area contributed by atoms with E-state index in [1.165, 1.54) is 22.8 Å². The van der Waals surface area contributed by atoms with Crippen molar-refractivity contribution in [2.24, 2.45) is 11.8 Å². The number of urea groups is 1. The van der Waals surface area contributed by atoms with Crippen LogP contribution in [0.25, 0.3) is 0 Å². The first-order valence-electron chi connectivity index (χ1n) is 10.8. The summed E-state index contributed by atoms with van der Waals surface area (Å²) < 4.78 is 14.0. The largest absolute Gasteiger partial charge is 0.483 e. The molecule has 0 radical (unpaired) electrons. The molecule has 2 fully saturated rings. The van der Waals surface area contributed by atoms with Crippen LogP contribution in [0.15, 0.2) is 42.5 Å². The molecule has 0 unspecified atom stereocenters. The first-order valence-corrected chi connectivity index (χ1v) is 10.8. The van der Waals surface area contributed by atoms with Crippen LogP contribution in [0.2, 0.25) is 0 Å². The second kappa shape index (κ2) is 10.1. The standard InChI is InChI=1S/C24H30FN3O.CH2O2/c1-16-8-9-18(10-17(16)2)12-27-13-20-14-28(24(29)26(3)4)23(22(20)15-27)19-6-5-7-21(25)11-19;2-1-3/h5-11,20,22-23H,12-15H2,1-4H3;1H,(H,2,3)/t20-,22-,23-;/m1./s1. The highest BCUT2D eigenvalue weighted by Gasteiger charge is 2.49. The van der Waals surface area contributed by atoms with E-state index in [1.54, 1.807) is 31.1 Å². The summed E-state index contributed by atoms with van der Waals surface area (Å²) in [6, 6.07) is 13.4. The molecule has 172 valence electrons. The quantitative estimate of drug-likeness (QED) is 0.733. The minimum atomic E-state index is -0.250. The monoisotopic (exact) mass is 441 g/mol. The molecular weight excluding hydrogens is 409 g/mol. The SMILES string of the molecule is Cc1ccc(CN2C[C@@H]3CN(C(=O)N(C)C)[C@H](c4cccc(F)c4)[C@@H]3C2)cc1C.O=CO. The molecule has 32 heavy (non-hydrogen) atoms. The maximum atomic E-state index is 14.0. The molecule has 7 heteroatoms. The number of hydrogen-bond donors (Lipinski definition) is 1. The Morgan fingerprint density at radius 1 is 1.12 bits per heavy atom. The van der Waals surface area contributed by atoms with Crippen molar-refractivity contribution in [3.8, 4) is 0 Å². The molecule has 2 saturated heterocycles. The molecule has 0 aromatic heterocycles. The molecule has 4 rings (SSSR count). The summed E-state index contributed by atoms with van der Waals surface area (Å²) in [5.74, 6) is 0.499. The van der Waals surface area contributed by atoms with Gasteiger partial charge in [0.1, 0.15) is 5.82 Å². The number of likely N-dealkylation sites (tertiary alicyclic amines) is 2. The van der Waals surface area contributed by atoms with E-state index >= 15 is 0 Å². The average molecular weight is 442 g/mol. The van der Waals surface area contributed by atoms with Crippen molar-refractivity contribution in [2.75, 3.05) is 33.7 Å². The van der Waals surface area contributed by atoms with Gasteiger partial charge in [-0.1, -0.05) is 30.3 Å². The molecule has 3 atom stereocenters. The molecule has 0 bridgehead atoms. The predicted octanol–water partition coefficient (Wildman–Crippen LogP) is 3.93. The van der Waals surface area contributed by atoms with Crippen molar-refractivity contribution in [1.82, 2.24) is 14.7 Å². The Hall–Kier alpha value is -2.93. The second-order valence-electron chi connectivity index (χ2n) is 8.97. The van der Waals surface area contributed by atoms with E-state index in [2.05, 4.69) is 36.9 Å². The zero-order valence-electron chi connectivity index (χ0n) is 19.2. The number of benzene rings is 2. The van der Waals surface area contributed by atoms with E-state index in [-0.39, 0.29) is 24.4 Å². The Kier molecular flexibility index (Phi) is 7.51. The number of carbonyl (C=O) groups is 2. The summed E-state index contributed by atoms with van der Waals surface area (Å²) in [4.78, 5) is 27.2. The van der Waals surface area contributed by atoms with Crippen molar-refractivity contribution in [2.45, 2.75) is 26.4 Å². The Labute approximate surface area is 189 Å². The molecule has 0 spiro atoms. The average Bonchev–Trinajstić information content (AvgIpc) is 3.27. The summed E-state index contributed by atoms with van der Waals surface area (Å²) in [5.41, 5.74) is 4.87. The number of carbonyl (C=O) groups excluding carboxylic acids is 1. The highest BCUT2D eigenvalue weighted by Crippen LogP contribution is 2.45. The minimum absolute atomic E-state index is 0.00868. The van der Waals surface area contributed by atoms with Crippen LogP contribution in [-0.2, 0) is 11.3 Å². The van der Waals surface area contributed by atoms with Crippen LogP contribution < -0.4 is 0 Å². The second-order valence-corrected chi connectivity index (χ2v) is 8.97. The maximum Gasteiger partial charge on any atom is 0.320 e. The number of rotatable bonds is 3. The molecule has 0 aliphatic carbocycles. The number of carboxylic acid groups (broad SMARTS) is 1. The third kappa shape index (κ3) is 5.10. The van der Waals surface area contributed by atoms with Gasteiger partial charge in [-0.25, -0.2) is 9.18 Å². The lowest BCUT2D eigenvalue weighted by Gasteiger charge is -2.32. The molecule has 2 amide bonds. The number of fused-ring (bicyclic) bond motifs is 1. The van der Waals surface area contributed by atoms with Crippen LogP contribution in [0.5, 0.6) is 0 Å². The van der Waals surface area contributed by atoms with Crippen molar-refractivity contribution < 1.29 is 19.1 Å². The molecule has 0 saturated carbocycles. The predicted molar refractivity (Wildman–Crippen MR) is 122 cm³/mol. The lowest BCUT2D eigenvalue weighted by molar-refractivity contribution is -0.122. The van der Waals surface area contributed by atoms with Crippen molar-refractivity contribution >= 4 is 12.5 Å². The van der Waals surface area contributed by atoms with Gasteiger partial charge in [-0.15, -0.1) is 0 Å². The molecule has 2 aromatic rings. The normalized spacial score (nSPS) is 22.2. The van der Waals surface area contributed by atoms with E-state index in [1.807, 2.05) is 11.0 Å². The van der Waals surface area contributed by atoms with E-state index in [4.69, 9.17) is 9.90 Å². The number of halogens is 1. The third-order valence-corrected chi connectivity index (χ3v) is 6.54. The van der Waals surface area contributed by atoms with Crippen LogP contribution in [0.3, 0.4) is 0 Å². The zero-order chi connectivity index (χ0) is 23.4. The van der Waals surface area contributed by atoms with Gasteiger partial charge in [0, 0.05) is 46.2 Å². The van der Waals surface area contributed by atoms with Gasteiger partial charge >= 0.3 is 6.03 Å². The smallest absolute Gasteiger partial charge is 0.320 e. The van der Waals surface area contributed by atoms with Gasteiger partial charge in [0.05, 0.1) is 6.04 Å². The van der Waals surface area contributed by atoms with Gasteiger partial charge in [-0.2, -0.15) is 0 Å². The lowest BCUT2D eigenvalue weighted by atomic mass is 9.89. The van der Waals surface area contributed by atoms with Crippen LogP contribution >= 0.6 is 0 Å². The fourth-order valence-corrected chi connectivity index (χ4v) is 5.00. The number of amides is 2. The van der Waals surface area contributed by atoms with E-state index < -0.39 is 0 Å². The summed E-state index contributed by atoms with van der Waals surface area (Å²) in [7, 11) is 3.57. The highest BCUT2D eigenvalue weighted by molar-refractivity contribution is 5.75. The molecule has 2 aliphatic heterocycles. The number of aryl methyl sites for hydroxylation is 2. The van der Waals surface area contributed by atoms with E-state index in [9.17, 15) is 9.18 Å². The lowest BCUT2D eigenvalue weighted by Crippen LogP contribution is -2.41. The third-order valence-electron chi connectivity index (χ3n) is 6.54. The highest BCUT2D eigenvalue weighted by atomic mass is 19.1. The van der Waals surface area contributed by atoms with E-state index in [0.717, 1.165) is 31.7 Å². The summed E-state index contributed by atoms with van der Waals surface area (Å²) in [6.07, 6.45) is 0. The van der Waals surface area contributed by atoms with Gasteiger partial charge < -0.3 is 14.9 Å². The number of nitrogens with zero attached hydrogens (tertiary/aromatic N) is 3. The Morgan fingerprint density at radius 2 is 1.84 bits per heavy atom. The maximum absolute atomic E-state index is 14.0. The molecular formula is C25H32FN3O3. The molecule has 2 aromatic carbocycles. The summed E-state index contributed by atoms with van der Waals surface area (Å²) in [5, 5.41) is 6.89. The minimum Gasteiger partial charge on any atom is -0.483 e. The van der Waals surface area contributed by atoms with Crippen LogP contribution in [0, 0.1) is 31.5 Å². The Bertz CT molecular complexity index is 965. The summed E-state index contributed by atoms with van der Waals surface area (Å²) in [6.45, 7) is 7.59. The fourth-order valence-electron chi connectivity index (χ4n) is 5.00. The summed E-state index contributed by atoms with van der Waals surface area (Å²) >= 11 is 0. The first-order chi connectivity index (χ1) is 15.2. The van der Waals surface area contributed by atoms with Crippen molar-refractivity contribution in [1.29, 1.82) is 0 Å².